The van der Waals surface area contributed by atoms with E-state index in [1.165, 1.54) is 4.90 Å². The summed E-state index contributed by atoms with van der Waals surface area (Å²) >= 11 is 6.35. The lowest BCUT2D eigenvalue weighted by Crippen LogP contribution is -2.36. The van der Waals surface area contributed by atoms with Crippen molar-refractivity contribution in [3.8, 4) is 11.3 Å². The summed E-state index contributed by atoms with van der Waals surface area (Å²) in [6.07, 6.45) is 0.271. The molecule has 1 heterocycles. The molecule has 3 rings (SSSR count). The van der Waals surface area contributed by atoms with Crippen LogP contribution in [-0.4, -0.2) is 40.5 Å². The van der Waals surface area contributed by atoms with E-state index in [1.807, 2.05) is 42.5 Å². The van der Waals surface area contributed by atoms with Gasteiger partial charge in [0.25, 0.3) is 5.91 Å². The maximum absolute atomic E-state index is 12.8. The smallest absolute Gasteiger partial charge is 0.291 e. The molecule has 4 nitrogen and oxygen atoms in total. The minimum absolute atomic E-state index is 0.0758. The highest BCUT2D eigenvalue weighted by molar-refractivity contribution is 6.33. The van der Waals surface area contributed by atoms with Gasteiger partial charge in [-0.3, -0.25) is 9.18 Å². The van der Waals surface area contributed by atoms with Crippen LogP contribution in [0.4, 0.5) is 4.39 Å². The Kier molecular flexibility index (Phi) is 5.47. The van der Waals surface area contributed by atoms with Crippen LogP contribution in [0.25, 0.3) is 22.2 Å². The van der Waals surface area contributed by atoms with Crippen LogP contribution < -0.4 is 0 Å². The van der Waals surface area contributed by atoms with Gasteiger partial charge in [-0.05, 0) is 25.5 Å². The molecule has 1 aromatic heterocycles. The van der Waals surface area contributed by atoms with E-state index >= 15 is 0 Å². The minimum atomic E-state index is -0.484. The molecule has 0 aliphatic rings. The molecule has 134 valence electrons. The van der Waals surface area contributed by atoms with Gasteiger partial charge in [-0.2, -0.15) is 0 Å². The number of para-hydroxylation sites is 1. The number of carbonyl (C=O) groups is 1. The Morgan fingerprint density at radius 1 is 1.15 bits per heavy atom. The third kappa shape index (κ3) is 3.53. The molecule has 0 saturated carbocycles. The Labute approximate surface area is 156 Å². The van der Waals surface area contributed by atoms with Crippen molar-refractivity contribution < 1.29 is 9.18 Å². The predicted octanol–water partition coefficient (Wildman–Crippen LogP) is 4.77. The second-order valence-corrected chi connectivity index (χ2v) is 6.54. The fourth-order valence-corrected chi connectivity index (χ4v) is 2.97. The van der Waals surface area contributed by atoms with Crippen LogP contribution in [0.5, 0.6) is 0 Å². The average Bonchev–Trinajstić information content (AvgIpc) is 2.66. The molecule has 2 aromatic carbocycles. The van der Waals surface area contributed by atoms with Gasteiger partial charge in [-0.1, -0.05) is 48.0 Å². The van der Waals surface area contributed by atoms with Crippen LogP contribution in [0.3, 0.4) is 0 Å². The Morgan fingerprint density at radius 2 is 1.85 bits per heavy atom. The van der Waals surface area contributed by atoms with Crippen molar-refractivity contribution in [3.05, 3.63) is 59.4 Å². The molecule has 0 fully saturated rings. The van der Waals surface area contributed by atoms with Gasteiger partial charge < -0.3 is 4.90 Å². The highest BCUT2D eigenvalue weighted by atomic mass is 35.5. The van der Waals surface area contributed by atoms with Gasteiger partial charge in [0, 0.05) is 29.1 Å². The SMILES string of the molecule is C[C@H](CCF)N(C)C(=O)c1nc(-c2ccccc2Cl)c2ccccc2n1. The first-order chi connectivity index (χ1) is 12.5. The van der Waals surface area contributed by atoms with E-state index in [0.717, 1.165) is 10.9 Å². The van der Waals surface area contributed by atoms with Crippen LogP contribution >= 0.6 is 11.6 Å². The van der Waals surface area contributed by atoms with Crippen molar-refractivity contribution in [1.29, 1.82) is 0 Å². The number of benzene rings is 2. The van der Waals surface area contributed by atoms with Crippen LogP contribution in [0, 0.1) is 0 Å². The van der Waals surface area contributed by atoms with E-state index in [9.17, 15) is 9.18 Å². The number of aromatic nitrogens is 2. The second-order valence-electron chi connectivity index (χ2n) is 6.14. The summed E-state index contributed by atoms with van der Waals surface area (Å²) in [7, 11) is 1.64. The van der Waals surface area contributed by atoms with E-state index < -0.39 is 6.67 Å². The van der Waals surface area contributed by atoms with Gasteiger partial charge in [-0.15, -0.1) is 0 Å². The number of alkyl halides is 1. The molecule has 1 amide bonds. The zero-order chi connectivity index (χ0) is 18.7. The molecule has 0 N–H and O–H groups in total. The lowest BCUT2D eigenvalue weighted by atomic mass is 10.1. The Bertz CT molecular complexity index is 947. The number of nitrogens with zero attached hydrogens (tertiary/aromatic N) is 3. The van der Waals surface area contributed by atoms with E-state index in [-0.39, 0.29) is 24.2 Å². The van der Waals surface area contributed by atoms with Crippen molar-refractivity contribution in [2.75, 3.05) is 13.7 Å². The number of hydrogen-bond donors (Lipinski definition) is 0. The van der Waals surface area contributed by atoms with Crippen molar-refractivity contribution in [2.24, 2.45) is 0 Å². The summed E-state index contributed by atoms with van der Waals surface area (Å²) in [5.74, 6) is -0.267. The molecule has 0 saturated heterocycles. The van der Waals surface area contributed by atoms with Gasteiger partial charge >= 0.3 is 0 Å². The van der Waals surface area contributed by atoms with Crippen molar-refractivity contribution in [1.82, 2.24) is 14.9 Å². The average molecular weight is 372 g/mol. The van der Waals surface area contributed by atoms with Crippen molar-refractivity contribution in [2.45, 2.75) is 19.4 Å². The summed E-state index contributed by atoms with van der Waals surface area (Å²) in [6, 6.07) is 14.6. The fraction of sp³-hybridized carbons (Fsp3) is 0.250. The third-order valence-electron chi connectivity index (χ3n) is 4.43. The Balaban J connectivity index is 2.14. The number of halogens is 2. The standard InChI is InChI=1S/C20H19ClFN3O/c1-13(11-12-22)25(2)20(26)19-23-17-10-6-4-8-15(17)18(24-19)14-7-3-5-9-16(14)21/h3-10,13H,11-12H2,1-2H3/t13-/m1/s1. The largest absolute Gasteiger partial charge is 0.336 e. The molecule has 0 radical (unpaired) electrons. The van der Waals surface area contributed by atoms with E-state index in [4.69, 9.17) is 11.6 Å². The molecule has 1 atom stereocenters. The first kappa shape index (κ1) is 18.3. The summed E-state index contributed by atoms with van der Waals surface area (Å²) in [5, 5.41) is 1.37. The van der Waals surface area contributed by atoms with Crippen LogP contribution in [0.2, 0.25) is 5.02 Å². The van der Waals surface area contributed by atoms with Gasteiger partial charge in [-0.25, -0.2) is 9.97 Å². The maximum Gasteiger partial charge on any atom is 0.291 e. The highest BCUT2D eigenvalue weighted by Crippen LogP contribution is 2.31. The summed E-state index contributed by atoms with van der Waals surface area (Å²) < 4.78 is 12.6. The Hall–Kier alpha value is -2.53. The molecule has 0 aliphatic carbocycles. The molecular formula is C20H19ClFN3O. The van der Waals surface area contributed by atoms with Crippen molar-refractivity contribution >= 4 is 28.4 Å². The van der Waals surface area contributed by atoms with E-state index in [2.05, 4.69) is 9.97 Å². The molecule has 6 heteroatoms. The molecule has 0 aliphatic heterocycles. The first-order valence-electron chi connectivity index (χ1n) is 8.37. The molecule has 0 unspecified atom stereocenters. The quantitative estimate of drug-likeness (QED) is 0.649. The normalized spacial score (nSPS) is 12.2. The topological polar surface area (TPSA) is 46.1 Å². The third-order valence-corrected chi connectivity index (χ3v) is 4.76. The lowest BCUT2D eigenvalue weighted by Gasteiger charge is -2.23. The fourth-order valence-electron chi connectivity index (χ4n) is 2.74. The Morgan fingerprint density at radius 3 is 2.58 bits per heavy atom. The number of fused-ring (bicyclic) bond motifs is 1. The summed E-state index contributed by atoms with van der Waals surface area (Å²) in [4.78, 5) is 23.2. The minimum Gasteiger partial charge on any atom is -0.336 e. The number of amides is 1. The summed E-state index contributed by atoms with van der Waals surface area (Å²) in [5.41, 5.74) is 2.00. The molecule has 3 aromatic rings. The predicted molar refractivity (Wildman–Crippen MR) is 102 cm³/mol. The number of hydrogen-bond acceptors (Lipinski definition) is 3. The molecular weight excluding hydrogens is 353 g/mol. The van der Waals surface area contributed by atoms with E-state index in [0.29, 0.717) is 16.2 Å². The zero-order valence-electron chi connectivity index (χ0n) is 14.6. The lowest BCUT2D eigenvalue weighted by molar-refractivity contribution is 0.0720. The van der Waals surface area contributed by atoms with E-state index in [1.54, 1.807) is 20.0 Å². The molecule has 0 bridgehead atoms. The monoisotopic (exact) mass is 371 g/mol. The summed E-state index contributed by atoms with van der Waals surface area (Å²) in [6.45, 7) is 1.32. The van der Waals surface area contributed by atoms with Crippen molar-refractivity contribution in [3.63, 3.8) is 0 Å². The highest BCUT2D eigenvalue weighted by Gasteiger charge is 2.22. The first-order valence-corrected chi connectivity index (χ1v) is 8.75. The van der Waals surface area contributed by atoms with Crippen LogP contribution in [0.15, 0.2) is 48.5 Å². The zero-order valence-corrected chi connectivity index (χ0v) is 15.4. The second kappa shape index (κ2) is 7.79. The molecule has 0 spiro atoms. The number of rotatable bonds is 5. The maximum atomic E-state index is 12.8. The van der Waals surface area contributed by atoms with Gasteiger partial charge in [0.05, 0.1) is 17.9 Å². The van der Waals surface area contributed by atoms with Gasteiger partial charge in [0.15, 0.2) is 0 Å². The van der Waals surface area contributed by atoms with Gasteiger partial charge in [0.2, 0.25) is 5.82 Å². The number of carbonyl (C=O) groups excluding carboxylic acids is 1. The van der Waals surface area contributed by atoms with Crippen LogP contribution in [0.1, 0.15) is 24.0 Å². The van der Waals surface area contributed by atoms with Crippen LogP contribution in [-0.2, 0) is 0 Å². The van der Waals surface area contributed by atoms with Gasteiger partial charge in [0.1, 0.15) is 0 Å². The molecule has 26 heavy (non-hydrogen) atoms.